The van der Waals surface area contributed by atoms with Gasteiger partial charge in [-0.2, -0.15) is 0 Å². The Balaban J connectivity index is 2.58. The molecule has 1 fully saturated rings. The Hall–Kier alpha value is -1.21. The van der Waals surface area contributed by atoms with Crippen molar-refractivity contribution in [3.63, 3.8) is 0 Å². The van der Waals surface area contributed by atoms with Gasteiger partial charge in [0.2, 0.25) is 0 Å². The number of hydrogen-bond acceptors (Lipinski definition) is 3. The van der Waals surface area contributed by atoms with Crippen molar-refractivity contribution in [1.82, 2.24) is 4.90 Å². The highest BCUT2D eigenvalue weighted by Crippen LogP contribution is 2.29. The van der Waals surface area contributed by atoms with Crippen LogP contribution < -0.4 is 0 Å². The Morgan fingerprint density at radius 3 is 2.63 bits per heavy atom. The van der Waals surface area contributed by atoms with Crippen molar-refractivity contribution in [2.24, 2.45) is 0 Å². The third kappa shape index (κ3) is 4.76. The highest BCUT2D eigenvalue weighted by atomic mass is 16.6. The van der Waals surface area contributed by atoms with Crippen LogP contribution in [0.4, 0.5) is 4.79 Å². The van der Waals surface area contributed by atoms with Gasteiger partial charge < -0.3 is 14.4 Å². The average molecular weight is 267 g/mol. The number of ether oxygens (including phenoxy) is 2. The maximum Gasteiger partial charge on any atom is 0.410 e. The molecule has 1 atom stereocenters. The van der Waals surface area contributed by atoms with Crippen molar-refractivity contribution >= 4 is 6.09 Å². The van der Waals surface area contributed by atoms with Crippen LogP contribution in [-0.4, -0.2) is 41.9 Å². The topological polar surface area (TPSA) is 38.8 Å². The van der Waals surface area contributed by atoms with E-state index in [9.17, 15) is 4.79 Å². The monoisotopic (exact) mass is 267 g/mol. The SMILES string of the molecule is CC#CCOC1(CC)CCN(C(=O)OC(C)(C)C)C1. The first-order valence-electron chi connectivity index (χ1n) is 6.83. The van der Waals surface area contributed by atoms with Crippen molar-refractivity contribution < 1.29 is 14.3 Å². The lowest BCUT2D eigenvalue weighted by molar-refractivity contribution is -0.0269. The number of rotatable bonds is 3. The third-order valence-electron chi connectivity index (χ3n) is 3.24. The second-order valence-corrected chi connectivity index (χ2v) is 5.90. The van der Waals surface area contributed by atoms with Gasteiger partial charge in [0, 0.05) is 6.54 Å². The largest absolute Gasteiger partial charge is 0.444 e. The van der Waals surface area contributed by atoms with Crippen LogP contribution in [0.5, 0.6) is 0 Å². The first-order valence-corrected chi connectivity index (χ1v) is 6.83. The zero-order valence-corrected chi connectivity index (χ0v) is 12.7. The number of likely N-dealkylation sites (tertiary alicyclic amines) is 1. The van der Waals surface area contributed by atoms with E-state index in [1.165, 1.54) is 0 Å². The van der Waals surface area contributed by atoms with E-state index in [1.54, 1.807) is 11.8 Å². The fourth-order valence-electron chi connectivity index (χ4n) is 2.10. The maximum atomic E-state index is 12.0. The summed E-state index contributed by atoms with van der Waals surface area (Å²) in [6, 6.07) is 0. The van der Waals surface area contributed by atoms with Gasteiger partial charge in [0.1, 0.15) is 12.2 Å². The molecule has 0 aromatic rings. The highest BCUT2D eigenvalue weighted by Gasteiger charge is 2.40. The lowest BCUT2D eigenvalue weighted by Gasteiger charge is -2.28. The zero-order valence-electron chi connectivity index (χ0n) is 12.7. The molecule has 4 heteroatoms. The fraction of sp³-hybridized carbons (Fsp3) is 0.800. The van der Waals surface area contributed by atoms with Crippen LogP contribution in [0.3, 0.4) is 0 Å². The Bertz CT molecular complexity index is 375. The van der Waals surface area contributed by atoms with E-state index in [1.807, 2.05) is 20.8 Å². The molecule has 0 aliphatic carbocycles. The minimum Gasteiger partial charge on any atom is -0.444 e. The summed E-state index contributed by atoms with van der Waals surface area (Å²) < 4.78 is 11.3. The Labute approximate surface area is 116 Å². The summed E-state index contributed by atoms with van der Waals surface area (Å²) in [4.78, 5) is 13.7. The first kappa shape index (κ1) is 15.8. The molecule has 1 heterocycles. The normalized spacial score (nSPS) is 22.9. The van der Waals surface area contributed by atoms with Crippen molar-refractivity contribution in [2.75, 3.05) is 19.7 Å². The van der Waals surface area contributed by atoms with E-state index < -0.39 is 5.60 Å². The van der Waals surface area contributed by atoms with E-state index >= 15 is 0 Å². The van der Waals surface area contributed by atoms with Gasteiger partial charge in [-0.25, -0.2) is 4.79 Å². The molecule has 0 bridgehead atoms. The van der Waals surface area contributed by atoms with Crippen molar-refractivity contribution in [3.05, 3.63) is 0 Å². The van der Waals surface area contributed by atoms with Crippen LogP contribution >= 0.6 is 0 Å². The van der Waals surface area contributed by atoms with Gasteiger partial charge in [-0.3, -0.25) is 0 Å². The Kier molecular flexibility index (Phi) is 5.25. The molecule has 0 saturated carbocycles. The quantitative estimate of drug-likeness (QED) is 0.738. The van der Waals surface area contributed by atoms with E-state index in [2.05, 4.69) is 18.8 Å². The van der Waals surface area contributed by atoms with Gasteiger partial charge in [-0.15, -0.1) is 5.92 Å². The minimum absolute atomic E-state index is 0.256. The van der Waals surface area contributed by atoms with E-state index in [4.69, 9.17) is 9.47 Å². The highest BCUT2D eigenvalue weighted by molar-refractivity contribution is 5.68. The second-order valence-electron chi connectivity index (χ2n) is 5.90. The third-order valence-corrected chi connectivity index (χ3v) is 3.24. The number of carbonyl (C=O) groups excluding carboxylic acids is 1. The summed E-state index contributed by atoms with van der Waals surface area (Å²) in [6.45, 7) is 11.2. The molecule has 0 radical (unpaired) electrons. The first-order chi connectivity index (χ1) is 8.82. The van der Waals surface area contributed by atoms with Crippen molar-refractivity contribution in [1.29, 1.82) is 0 Å². The summed E-state index contributed by atoms with van der Waals surface area (Å²) in [5.74, 6) is 5.73. The molecule has 1 rings (SSSR count). The molecule has 1 aliphatic rings. The molecule has 0 spiro atoms. The van der Waals surface area contributed by atoms with E-state index in [-0.39, 0.29) is 11.7 Å². The molecule has 1 aliphatic heterocycles. The Morgan fingerprint density at radius 1 is 1.42 bits per heavy atom. The van der Waals surface area contributed by atoms with Gasteiger partial charge in [0.25, 0.3) is 0 Å². The number of nitrogens with zero attached hydrogens (tertiary/aromatic N) is 1. The van der Waals surface area contributed by atoms with Crippen molar-refractivity contribution in [3.8, 4) is 11.8 Å². The van der Waals surface area contributed by atoms with Crippen LogP contribution in [0.2, 0.25) is 0 Å². The number of hydrogen-bond donors (Lipinski definition) is 0. The van der Waals surface area contributed by atoms with Gasteiger partial charge >= 0.3 is 6.09 Å². The molecular formula is C15H25NO3. The number of amides is 1. The molecule has 1 unspecified atom stereocenters. The van der Waals surface area contributed by atoms with Gasteiger partial charge in [0.15, 0.2) is 0 Å². The number of carbonyl (C=O) groups is 1. The minimum atomic E-state index is -0.455. The standard InChI is InChI=1S/C15H25NO3/c1-6-8-11-18-15(7-2)9-10-16(12-15)13(17)19-14(3,4)5/h7,9-12H2,1-5H3. The fourth-order valence-corrected chi connectivity index (χ4v) is 2.10. The molecule has 108 valence electrons. The Morgan fingerprint density at radius 2 is 2.11 bits per heavy atom. The molecule has 1 saturated heterocycles. The van der Waals surface area contributed by atoms with Gasteiger partial charge in [-0.05, 0) is 40.5 Å². The summed E-state index contributed by atoms with van der Waals surface area (Å²) in [6.07, 6.45) is 1.46. The summed E-state index contributed by atoms with van der Waals surface area (Å²) in [7, 11) is 0. The van der Waals surface area contributed by atoms with Gasteiger partial charge in [0.05, 0.1) is 12.1 Å². The lowest BCUT2D eigenvalue weighted by atomic mass is 10.00. The molecule has 4 nitrogen and oxygen atoms in total. The summed E-state index contributed by atoms with van der Waals surface area (Å²) >= 11 is 0. The predicted octanol–water partition coefficient (Wildman–Crippen LogP) is 2.82. The molecule has 0 N–H and O–H groups in total. The summed E-state index contributed by atoms with van der Waals surface area (Å²) in [5, 5.41) is 0. The maximum absolute atomic E-state index is 12.0. The van der Waals surface area contributed by atoms with Crippen molar-refractivity contribution in [2.45, 2.75) is 58.7 Å². The van der Waals surface area contributed by atoms with Crippen LogP contribution in [0.25, 0.3) is 0 Å². The van der Waals surface area contributed by atoms with E-state index in [0.717, 1.165) is 12.8 Å². The van der Waals surface area contributed by atoms with Gasteiger partial charge in [-0.1, -0.05) is 12.8 Å². The molecule has 0 aromatic heterocycles. The lowest BCUT2D eigenvalue weighted by Crippen LogP contribution is -2.40. The summed E-state index contributed by atoms with van der Waals surface area (Å²) in [5.41, 5.74) is -0.718. The van der Waals surface area contributed by atoms with Crippen LogP contribution in [0.15, 0.2) is 0 Å². The molecule has 19 heavy (non-hydrogen) atoms. The van der Waals surface area contributed by atoms with E-state index in [0.29, 0.717) is 19.7 Å². The second kappa shape index (κ2) is 6.29. The predicted molar refractivity (Wildman–Crippen MR) is 74.8 cm³/mol. The van der Waals surface area contributed by atoms with Crippen LogP contribution in [-0.2, 0) is 9.47 Å². The molecular weight excluding hydrogens is 242 g/mol. The molecule has 1 amide bonds. The molecule has 0 aromatic carbocycles. The smallest absolute Gasteiger partial charge is 0.410 e. The average Bonchev–Trinajstić information content (AvgIpc) is 2.73. The zero-order chi connectivity index (χ0) is 14.5. The van der Waals surface area contributed by atoms with Crippen LogP contribution in [0.1, 0.15) is 47.5 Å². The van der Waals surface area contributed by atoms with Crippen LogP contribution in [0, 0.1) is 11.8 Å².